The first kappa shape index (κ1) is 16.7. The maximum atomic E-state index is 12.7. The van der Waals surface area contributed by atoms with Gasteiger partial charge in [-0.15, -0.1) is 0 Å². The molecule has 0 saturated carbocycles. The molecule has 1 aromatic heterocycles. The summed E-state index contributed by atoms with van der Waals surface area (Å²) in [6.45, 7) is 6.51. The number of likely N-dealkylation sites (tertiary alicyclic amines) is 1. The van der Waals surface area contributed by atoms with Gasteiger partial charge < -0.3 is 10.0 Å². The summed E-state index contributed by atoms with van der Waals surface area (Å²) in [6.07, 6.45) is 2.01. The van der Waals surface area contributed by atoms with Gasteiger partial charge in [-0.3, -0.25) is 9.59 Å². The van der Waals surface area contributed by atoms with Crippen molar-refractivity contribution in [3.8, 4) is 0 Å². The highest BCUT2D eigenvalue weighted by molar-refractivity contribution is 6.33. The molecular formula is C15H20ClN3O3. The van der Waals surface area contributed by atoms with Gasteiger partial charge >= 0.3 is 5.97 Å². The number of halogens is 1. The fourth-order valence-corrected chi connectivity index (χ4v) is 2.83. The number of nitrogens with zero attached hydrogens (tertiary/aromatic N) is 3. The fraction of sp³-hybridized carbons (Fsp3) is 0.600. The lowest BCUT2D eigenvalue weighted by molar-refractivity contribution is -0.143. The van der Waals surface area contributed by atoms with Crippen molar-refractivity contribution < 1.29 is 14.7 Å². The normalized spacial score (nSPS) is 22.0. The summed E-state index contributed by atoms with van der Waals surface area (Å²) in [5.41, 5.74) is 0.151. The number of carboxylic acids is 1. The predicted molar refractivity (Wildman–Crippen MR) is 81.9 cm³/mol. The molecule has 1 aliphatic rings. The Labute approximate surface area is 134 Å². The average Bonchev–Trinajstić information content (AvgIpc) is 2.46. The number of aliphatic carboxylic acids is 1. The number of carbonyl (C=O) groups excluding carboxylic acids is 1. The van der Waals surface area contributed by atoms with Gasteiger partial charge in [0.05, 0.1) is 17.1 Å². The van der Waals surface area contributed by atoms with Gasteiger partial charge in [-0.25, -0.2) is 9.97 Å². The van der Waals surface area contributed by atoms with E-state index in [0.717, 1.165) is 0 Å². The van der Waals surface area contributed by atoms with Crippen molar-refractivity contribution in [1.29, 1.82) is 0 Å². The van der Waals surface area contributed by atoms with E-state index in [4.69, 9.17) is 11.6 Å². The van der Waals surface area contributed by atoms with Crippen LogP contribution in [-0.4, -0.2) is 44.9 Å². The summed E-state index contributed by atoms with van der Waals surface area (Å²) in [6, 6.07) is 0. The SMILES string of the molecule is CC1CC(C(=O)O)CN(C(=O)c2nc(C(C)C)ncc2Cl)C1. The van der Waals surface area contributed by atoms with E-state index < -0.39 is 11.9 Å². The summed E-state index contributed by atoms with van der Waals surface area (Å²) in [4.78, 5) is 33.8. The molecule has 0 aromatic carbocycles. The Kier molecular flexibility index (Phi) is 5.01. The number of rotatable bonds is 3. The molecule has 1 amide bonds. The third kappa shape index (κ3) is 3.55. The molecule has 1 aromatic rings. The first-order valence-corrected chi connectivity index (χ1v) is 7.71. The van der Waals surface area contributed by atoms with Crippen molar-refractivity contribution in [2.75, 3.05) is 13.1 Å². The number of amides is 1. The molecule has 1 saturated heterocycles. The van der Waals surface area contributed by atoms with Crippen LogP contribution in [0.3, 0.4) is 0 Å². The summed E-state index contributed by atoms with van der Waals surface area (Å²) >= 11 is 6.06. The Morgan fingerprint density at radius 3 is 2.68 bits per heavy atom. The minimum atomic E-state index is -0.874. The van der Waals surface area contributed by atoms with E-state index in [1.807, 2.05) is 20.8 Å². The molecule has 0 spiro atoms. The quantitative estimate of drug-likeness (QED) is 0.922. The minimum Gasteiger partial charge on any atom is -0.481 e. The molecule has 7 heteroatoms. The number of carbonyl (C=O) groups is 2. The first-order chi connectivity index (χ1) is 10.3. The van der Waals surface area contributed by atoms with Crippen molar-refractivity contribution in [2.45, 2.75) is 33.1 Å². The van der Waals surface area contributed by atoms with Gasteiger partial charge in [-0.2, -0.15) is 0 Å². The molecule has 6 nitrogen and oxygen atoms in total. The lowest BCUT2D eigenvalue weighted by Crippen LogP contribution is -2.46. The molecule has 2 rings (SSSR count). The van der Waals surface area contributed by atoms with Gasteiger partial charge in [0, 0.05) is 19.0 Å². The number of piperidine rings is 1. The molecule has 0 aliphatic carbocycles. The summed E-state index contributed by atoms with van der Waals surface area (Å²) in [7, 11) is 0. The summed E-state index contributed by atoms with van der Waals surface area (Å²) in [5.74, 6) is -0.988. The number of aromatic nitrogens is 2. The van der Waals surface area contributed by atoms with Crippen LogP contribution in [0.25, 0.3) is 0 Å². The van der Waals surface area contributed by atoms with Crippen LogP contribution < -0.4 is 0 Å². The second-order valence-electron chi connectivity index (χ2n) is 6.17. The lowest BCUT2D eigenvalue weighted by atomic mass is 9.90. The van der Waals surface area contributed by atoms with Crippen molar-refractivity contribution in [3.63, 3.8) is 0 Å². The zero-order chi connectivity index (χ0) is 16.4. The van der Waals surface area contributed by atoms with E-state index in [2.05, 4.69) is 9.97 Å². The van der Waals surface area contributed by atoms with Gasteiger partial charge in [-0.05, 0) is 12.3 Å². The standard InChI is InChI=1S/C15H20ClN3O3/c1-8(2)13-17-5-11(16)12(18-13)14(20)19-6-9(3)4-10(7-19)15(21)22/h5,8-10H,4,6-7H2,1-3H3,(H,21,22). The minimum absolute atomic E-state index is 0.0795. The Morgan fingerprint density at radius 1 is 1.41 bits per heavy atom. The number of carboxylic acid groups (broad SMARTS) is 1. The molecule has 0 radical (unpaired) electrons. The third-order valence-corrected chi connectivity index (χ3v) is 4.05. The van der Waals surface area contributed by atoms with Crippen LogP contribution in [-0.2, 0) is 4.79 Å². The highest BCUT2D eigenvalue weighted by atomic mass is 35.5. The maximum Gasteiger partial charge on any atom is 0.308 e. The van der Waals surface area contributed by atoms with E-state index in [9.17, 15) is 14.7 Å². The van der Waals surface area contributed by atoms with Crippen LogP contribution >= 0.6 is 11.6 Å². The van der Waals surface area contributed by atoms with Crippen molar-refractivity contribution >= 4 is 23.5 Å². The molecule has 2 atom stereocenters. The third-order valence-electron chi connectivity index (χ3n) is 3.78. The van der Waals surface area contributed by atoms with Gasteiger partial charge in [0.25, 0.3) is 5.91 Å². The largest absolute Gasteiger partial charge is 0.481 e. The van der Waals surface area contributed by atoms with Crippen LogP contribution in [0.5, 0.6) is 0 Å². The van der Waals surface area contributed by atoms with E-state index in [1.165, 1.54) is 11.1 Å². The number of hydrogen-bond acceptors (Lipinski definition) is 4. The second-order valence-corrected chi connectivity index (χ2v) is 6.57. The van der Waals surface area contributed by atoms with Crippen molar-refractivity contribution in [2.24, 2.45) is 11.8 Å². The highest BCUT2D eigenvalue weighted by Crippen LogP contribution is 2.25. The zero-order valence-corrected chi connectivity index (χ0v) is 13.7. The first-order valence-electron chi connectivity index (χ1n) is 7.34. The Bertz CT molecular complexity index is 591. The van der Waals surface area contributed by atoms with Gasteiger partial charge in [0.15, 0.2) is 5.69 Å². The van der Waals surface area contributed by atoms with E-state index >= 15 is 0 Å². The molecule has 120 valence electrons. The molecule has 22 heavy (non-hydrogen) atoms. The van der Waals surface area contributed by atoms with E-state index in [1.54, 1.807) is 0 Å². The van der Waals surface area contributed by atoms with Crippen LogP contribution in [0.2, 0.25) is 5.02 Å². The molecular weight excluding hydrogens is 306 g/mol. The number of hydrogen-bond donors (Lipinski definition) is 1. The summed E-state index contributed by atoms with van der Waals surface area (Å²) < 4.78 is 0. The average molecular weight is 326 g/mol. The second kappa shape index (κ2) is 6.60. The molecule has 1 aliphatic heterocycles. The Morgan fingerprint density at radius 2 is 2.09 bits per heavy atom. The van der Waals surface area contributed by atoms with Gasteiger partial charge in [0.1, 0.15) is 5.82 Å². The highest BCUT2D eigenvalue weighted by Gasteiger charge is 2.33. The maximum absolute atomic E-state index is 12.7. The summed E-state index contributed by atoms with van der Waals surface area (Å²) in [5, 5.41) is 9.40. The van der Waals surface area contributed by atoms with Crippen molar-refractivity contribution in [1.82, 2.24) is 14.9 Å². The van der Waals surface area contributed by atoms with Gasteiger partial charge in [-0.1, -0.05) is 32.4 Å². The zero-order valence-electron chi connectivity index (χ0n) is 12.9. The Hall–Kier alpha value is -1.69. The van der Waals surface area contributed by atoms with Crippen LogP contribution in [0, 0.1) is 11.8 Å². The van der Waals surface area contributed by atoms with Crippen LogP contribution in [0.15, 0.2) is 6.20 Å². The molecule has 0 bridgehead atoms. The molecule has 1 N–H and O–H groups in total. The fourth-order valence-electron chi connectivity index (χ4n) is 2.65. The smallest absolute Gasteiger partial charge is 0.308 e. The van der Waals surface area contributed by atoms with E-state index in [-0.39, 0.29) is 35.0 Å². The van der Waals surface area contributed by atoms with Crippen LogP contribution in [0.1, 0.15) is 49.4 Å². The van der Waals surface area contributed by atoms with Crippen molar-refractivity contribution in [3.05, 3.63) is 22.7 Å². The Balaban J connectivity index is 2.27. The lowest BCUT2D eigenvalue weighted by Gasteiger charge is -2.34. The molecule has 2 unspecified atom stereocenters. The van der Waals surface area contributed by atoms with E-state index in [0.29, 0.717) is 18.8 Å². The topological polar surface area (TPSA) is 83.4 Å². The molecule has 2 heterocycles. The van der Waals surface area contributed by atoms with Gasteiger partial charge in [0.2, 0.25) is 0 Å². The monoisotopic (exact) mass is 325 g/mol. The molecule has 1 fully saturated rings. The predicted octanol–water partition coefficient (Wildman–Crippen LogP) is 2.44. The van der Waals surface area contributed by atoms with Crippen LogP contribution in [0.4, 0.5) is 0 Å².